The molecule has 2 heterocycles. The summed E-state index contributed by atoms with van der Waals surface area (Å²) in [6, 6.07) is 14.9. The highest BCUT2D eigenvalue weighted by atomic mass is 32.2. The summed E-state index contributed by atoms with van der Waals surface area (Å²) in [5.41, 5.74) is 3.12. The van der Waals surface area contributed by atoms with Gasteiger partial charge in [0.25, 0.3) is 5.91 Å². The molecule has 10 heteroatoms. The van der Waals surface area contributed by atoms with Crippen molar-refractivity contribution in [3.8, 4) is 0 Å². The fourth-order valence-corrected chi connectivity index (χ4v) is 3.90. The van der Waals surface area contributed by atoms with Crippen molar-refractivity contribution in [2.45, 2.75) is 18.1 Å². The Labute approximate surface area is 189 Å². The quantitative estimate of drug-likeness (QED) is 0.301. The van der Waals surface area contributed by atoms with E-state index in [9.17, 15) is 9.59 Å². The molecule has 164 valence electrons. The van der Waals surface area contributed by atoms with Gasteiger partial charge in [0.2, 0.25) is 5.91 Å². The Bertz CT molecular complexity index is 1230. The number of hydrogen-bond acceptors (Lipinski definition) is 6. The average Bonchev–Trinajstić information content (AvgIpc) is 3.41. The maximum atomic E-state index is 12.5. The molecule has 0 aliphatic heterocycles. The number of imidazole rings is 1. The van der Waals surface area contributed by atoms with Crippen LogP contribution in [0.3, 0.4) is 0 Å². The highest BCUT2D eigenvalue weighted by Gasteiger charge is 2.10. The Kier molecular flexibility index (Phi) is 6.81. The van der Waals surface area contributed by atoms with Crippen molar-refractivity contribution in [3.63, 3.8) is 0 Å². The number of carbonyl (C=O) groups excluding carboxylic acids is 2. The fourth-order valence-electron chi connectivity index (χ4n) is 3.21. The van der Waals surface area contributed by atoms with Crippen molar-refractivity contribution in [2.75, 3.05) is 17.6 Å². The lowest BCUT2D eigenvalue weighted by Crippen LogP contribution is -2.25. The van der Waals surface area contributed by atoms with Crippen LogP contribution in [0, 0.1) is 0 Å². The number of rotatable bonds is 9. The largest absolute Gasteiger partial charge is 0.352 e. The van der Waals surface area contributed by atoms with Crippen molar-refractivity contribution in [3.05, 3.63) is 66.7 Å². The number of thioether (sulfide) groups is 1. The first kappa shape index (κ1) is 21.6. The number of fused-ring (bicyclic) bond motifs is 1. The molecule has 2 amide bonds. The number of anilines is 1. The average molecular weight is 450 g/mol. The molecule has 0 radical (unpaired) electrons. The number of hydrogen-bond donors (Lipinski definition) is 2. The first-order valence-electron chi connectivity index (χ1n) is 10.1. The van der Waals surface area contributed by atoms with Crippen molar-refractivity contribution >= 4 is 40.3 Å². The lowest BCUT2D eigenvalue weighted by atomic mass is 10.2. The lowest BCUT2D eigenvalue weighted by Gasteiger charge is -2.09. The first-order chi connectivity index (χ1) is 15.6. The van der Waals surface area contributed by atoms with E-state index in [0.29, 0.717) is 23.0 Å². The number of nitrogens with zero attached hydrogens (tertiary/aromatic N) is 5. The van der Waals surface area contributed by atoms with Crippen LogP contribution >= 0.6 is 11.8 Å². The molecule has 4 aromatic rings. The van der Waals surface area contributed by atoms with E-state index in [-0.39, 0.29) is 17.6 Å². The van der Waals surface area contributed by atoms with Gasteiger partial charge in [0, 0.05) is 31.4 Å². The third-order valence-corrected chi connectivity index (χ3v) is 5.83. The lowest BCUT2D eigenvalue weighted by molar-refractivity contribution is -0.113. The highest BCUT2D eigenvalue weighted by molar-refractivity contribution is 7.99. The van der Waals surface area contributed by atoms with E-state index >= 15 is 0 Å². The standard InChI is InChI=1S/C22H23N7O2S/c1-28-15-25-27-22(28)32-13-20(30)26-17-7-4-6-16(12-17)21(31)23-10-5-11-29-14-24-18-8-2-3-9-19(18)29/h2-4,6-9,12,14-15H,5,10-11,13H2,1H3,(H,23,31)(H,26,30). The van der Waals surface area contributed by atoms with Crippen molar-refractivity contribution in [1.82, 2.24) is 29.6 Å². The molecule has 0 fully saturated rings. The molecule has 0 saturated carbocycles. The fraction of sp³-hybridized carbons (Fsp3) is 0.227. The van der Waals surface area contributed by atoms with E-state index < -0.39 is 0 Å². The zero-order valence-electron chi connectivity index (χ0n) is 17.6. The molecule has 0 saturated heterocycles. The van der Waals surface area contributed by atoms with Crippen LogP contribution in [-0.4, -0.2) is 48.4 Å². The number of amides is 2. The third kappa shape index (κ3) is 5.33. The van der Waals surface area contributed by atoms with E-state index in [1.807, 2.05) is 37.6 Å². The number of nitrogens with one attached hydrogen (secondary N) is 2. The van der Waals surface area contributed by atoms with Crippen LogP contribution < -0.4 is 10.6 Å². The molecule has 0 bridgehead atoms. The Morgan fingerprint density at radius 3 is 2.81 bits per heavy atom. The summed E-state index contributed by atoms with van der Waals surface area (Å²) in [4.78, 5) is 29.1. The SMILES string of the molecule is Cn1cnnc1SCC(=O)Nc1cccc(C(=O)NCCCn2cnc3ccccc32)c1. The summed E-state index contributed by atoms with van der Waals surface area (Å²) < 4.78 is 3.83. The summed E-state index contributed by atoms with van der Waals surface area (Å²) >= 11 is 1.30. The van der Waals surface area contributed by atoms with Gasteiger partial charge in [-0.25, -0.2) is 4.98 Å². The van der Waals surface area contributed by atoms with Gasteiger partial charge in [-0.15, -0.1) is 10.2 Å². The monoisotopic (exact) mass is 449 g/mol. The van der Waals surface area contributed by atoms with Crippen LogP contribution in [0.2, 0.25) is 0 Å². The summed E-state index contributed by atoms with van der Waals surface area (Å²) in [6.45, 7) is 1.30. The molecular weight excluding hydrogens is 426 g/mol. The second-order valence-electron chi connectivity index (χ2n) is 7.18. The summed E-state index contributed by atoms with van der Waals surface area (Å²) in [5, 5.41) is 14.1. The second-order valence-corrected chi connectivity index (χ2v) is 8.12. The number of benzene rings is 2. The van der Waals surface area contributed by atoms with Crippen molar-refractivity contribution < 1.29 is 9.59 Å². The normalized spacial score (nSPS) is 10.9. The van der Waals surface area contributed by atoms with E-state index in [0.717, 1.165) is 24.0 Å². The van der Waals surface area contributed by atoms with E-state index in [4.69, 9.17) is 0 Å². The molecule has 0 unspecified atom stereocenters. The molecule has 4 rings (SSSR count). The number of para-hydroxylation sites is 2. The van der Waals surface area contributed by atoms with Gasteiger partial charge in [-0.3, -0.25) is 9.59 Å². The van der Waals surface area contributed by atoms with Crippen LogP contribution in [0.25, 0.3) is 11.0 Å². The summed E-state index contributed by atoms with van der Waals surface area (Å²) in [5.74, 6) is -0.153. The highest BCUT2D eigenvalue weighted by Crippen LogP contribution is 2.16. The zero-order valence-corrected chi connectivity index (χ0v) is 18.4. The van der Waals surface area contributed by atoms with Crippen molar-refractivity contribution in [2.24, 2.45) is 7.05 Å². The van der Waals surface area contributed by atoms with Crippen molar-refractivity contribution in [1.29, 1.82) is 0 Å². The molecule has 32 heavy (non-hydrogen) atoms. The Morgan fingerprint density at radius 2 is 1.97 bits per heavy atom. The maximum Gasteiger partial charge on any atom is 0.251 e. The van der Waals surface area contributed by atoms with Crippen LogP contribution in [0.15, 0.2) is 66.3 Å². The molecule has 0 atom stereocenters. The van der Waals surface area contributed by atoms with E-state index in [1.165, 1.54) is 11.8 Å². The molecule has 9 nitrogen and oxygen atoms in total. The Hall–Kier alpha value is -3.66. The molecule has 0 aliphatic carbocycles. The summed E-state index contributed by atoms with van der Waals surface area (Å²) in [7, 11) is 1.82. The van der Waals surface area contributed by atoms with Crippen LogP contribution in [0.1, 0.15) is 16.8 Å². The van der Waals surface area contributed by atoms with Gasteiger partial charge in [0.15, 0.2) is 5.16 Å². The Morgan fingerprint density at radius 1 is 1.09 bits per heavy atom. The van der Waals surface area contributed by atoms with Gasteiger partial charge in [-0.1, -0.05) is 30.0 Å². The molecular formula is C22H23N7O2S. The Balaban J connectivity index is 1.24. The number of aromatic nitrogens is 5. The van der Waals surface area contributed by atoms with Gasteiger partial charge < -0.3 is 19.8 Å². The summed E-state index contributed by atoms with van der Waals surface area (Å²) in [6.07, 6.45) is 4.18. The second kappa shape index (κ2) is 10.1. The van der Waals surface area contributed by atoms with Gasteiger partial charge in [0.05, 0.1) is 23.1 Å². The van der Waals surface area contributed by atoms with Crippen LogP contribution in [0.4, 0.5) is 5.69 Å². The molecule has 2 N–H and O–H groups in total. The third-order valence-electron chi connectivity index (χ3n) is 4.80. The van der Waals surface area contributed by atoms with Crippen LogP contribution in [0.5, 0.6) is 0 Å². The van der Waals surface area contributed by atoms with E-state index in [2.05, 4.69) is 30.4 Å². The van der Waals surface area contributed by atoms with Gasteiger partial charge in [-0.05, 0) is 36.8 Å². The maximum absolute atomic E-state index is 12.5. The predicted octanol–water partition coefficient (Wildman–Crippen LogP) is 2.72. The molecule has 2 aromatic heterocycles. The van der Waals surface area contributed by atoms with Gasteiger partial charge in [0.1, 0.15) is 6.33 Å². The number of carbonyl (C=O) groups is 2. The zero-order chi connectivity index (χ0) is 22.3. The molecule has 0 spiro atoms. The topological polar surface area (TPSA) is 107 Å². The minimum atomic E-state index is -0.178. The van der Waals surface area contributed by atoms with E-state index in [1.54, 1.807) is 35.2 Å². The van der Waals surface area contributed by atoms with Gasteiger partial charge >= 0.3 is 0 Å². The smallest absolute Gasteiger partial charge is 0.251 e. The molecule has 0 aliphatic rings. The van der Waals surface area contributed by atoms with Gasteiger partial charge in [-0.2, -0.15) is 0 Å². The minimum absolute atomic E-state index is 0.176. The minimum Gasteiger partial charge on any atom is -0.352 e. The molecule has 2 aromatic carbocycles. The van der Waals surface area contributed by atoms with Crippen LogP contribution in [-0.2, 0) is 18.4 Å². The number of aryl methyl sites for hydroxylation is 2. The first-order valence-corrected chi connectivity index (χ1v) is 11.1. The predicted molar refractivity (Wildman–Crippen MR) is 123 cm³/mol.